The number of nitrogens with zero attached hydrogens (tertiary/aromatic N) is 2. The zero-order chi connectivity index (χ0) is 11.6. The molecule has 0 amide bonds. The van der Waals surface area contributed by atoms with E-state index in [-0.39, 0.29) is 10.8 Å². The first-order valence-electron chi connectivity index (χ1n) is 4.21. The molecule has 0 aromatic carbocycles. The number of rotatable bonds is 1. The molecule has 0 aliphatic heterocycles. The largest absolute Gasteiger partial charge is 0.455 e. The summed E-state index contributed by atoms with van der Waals surface area (Å²) in [5, 5.41) is 0.210. The number of ether oxygens (including phenoxy) is 1. The molecule has 0 fully saturated rings. The van der Waals surface area contributed by atoms with Crippen LogP contribution in [0.15, 0.2) is 10.8 Å². The van der Waals surface area contributed by atoms with Crippen molar-refractivity contribution in [1.29, 1.82) is 0 Å². The van der Waals surface area contributed by atoms with Gasteiger partial charge < -0.3 is 4.74 Å². The van der Waals surface area contributed by atoms with Gasteiger partial charge in [-0.3, -0.25) is 0 Å². The average molecular weight is 294 g/mol. The molecule has 0 aliphatic carbocycles. The number of hydrogen-bond acceptors (Lipinski definition) is 4. The first kappa shape index (κ1) is 12.4. The Labute approximate surface area is 101 Å². The van der Waals surface area contributed by atoms with E-state index >= 15 is 0 Å². The number of carbonyl (C=O) groups excluding carboxylic acids is 1. The Hall–Kier alpha value is -0.680. The Morgan fingerprint density at radius 3 is 2.60 bits per heavy atom. The van der Waals surface area contributed by atoms with Crippen molar-refractivity contribution in [2.24, 2.45) is 0 Å². The number of esters is 1. The molecule has 0 aliphatic rings. The Morgan fingerprint density at radius 1 is 1.53 bits per heavy atom. The van der Waals surface area contributed by atoms with E-state index in [0.29, 0.717) is 4.60 Å². The molecule has 0 N–H and O–H groups in total. The van der Waals surface area contributed by atoms with Crippen LogP contribution in [-0.2, 0) is 4.74 Å². The summed E-state index contributed by atoms with van der Waals surface area (Å²) in [4.78, 5) is 19.2. The second kappa shape index (κ2) is 4.45. The standard InChI is InChI=1S/C9H10BrClN2O2/c1-9(2,3)15-8(14)5-4-12-7(11)6(10)13-5/h4H,1-3H3. The van der Waals surface area contributed by atoms with Crippen LogP contribution >= 0.6 is 27.5 Å². The normalized spacial score (nSPS) is 11.3. The molecule has 0 atom stereocenters. The lowest BCUT2D eigenvalue weighted by molar-refractivity contribution is 0.00621. The lowest BCUT2D eigenvalue weighted by Crippen LogP contribution is -2.24. The van der Waals surface area contributed by atoms with Crippen molar-refractivity contribution in [3.8, 4) is 0 Å². The average Bonchev–Trinajstić information content (AvgIpc) is 2.06. The van der Waals surface area contributed by atoms with Crippen molar-refractivity contribution in [3.05, 3.63) is 21.6 Å². The van der Waals surface area contributed by atoms with Crippen LogP contribution in [0.3, 0.4) is 0 Å². The van der Waals surface area contributed by atoms with E-state index in [4.69, 9.17) is 16.3 Å². The molecule has 0 saturated carbocycles. The Balaban J connectivity index is 2.88. The summed E-state index contributed by atoms with van der Waals surface area (Å²) in [5.74, 6) is -0.521. The molecule has 0 bridgehead atoms. The Morgan fingerprint density at radius 2 is 2.13 bits per heavy atom. The topological polar surface area (TPSA) is 52.1 Å². The lowest BCUT2D eigenvalue weighted by Gasteiger charge is -2.18. The summed E-state index contributed by atoms with van der Waals surface area (Å²) < 4.78 is 5.44. The molecule has 0 unspecified atom stereocenters. The number of halogens is 2. The highest BCUT2D eigenvalue weighted by molar-refractivity contribution is 9.10. The van der Waals surface area contributed by atoms with Crippen molar-refractivity contribution < 1.29 is 9.53 Å². The summed E-state index contributed by atoms with van der Waals surface area (Å²) in [6.45, 7) is 5.34. The molecular weight excluding hydrogens is 283 g/mol. The molecule has 15 heavy (non-hydrogen) atoms. The molecule has 1 aromatic rings. The quantitative estimate of drug-likeness (QED) is 0.747. The number of carbonyl (C=O) groups is 1. The molecule has 1 rings (SSSR count). The highest BCUT2D eigenvalue weighted by Gasteiger charge is 2.19. The van der Waals surface area contributed by atoms with E-state index in [9.17, 15) is 4.79 Å². The first-order chi connectivity index (χ1) is 6.79. The summed E-state index contributed by atoms with van der Waals surface area (Å²) in [7, 11) is 0. The third-order valence-electron chi connectivity index (χ3n) is 1.30. The SMILES string of the molecule is CC(C)(C)OC(=O)c1cnc(Cl)c(Br)n1. The minimum atomic E-state index is -0.551. The summed E-state index contributed by atoms with van der Waals surface area (Å²) in [6, 6.07) is 0. The third-order valence-corrected chi connectivity index (χ3v) is 2.35. The third kappa shape index (κ3) is 3.76. The smallest absolute Gasteiger partial charge is 0.359 e. The summed E-state index contributed by atoms with van der Waals surface area (Å²) in [6.07, 6.45) is 1.28. The van der Waals surface area contributed by atoms with Crippen LogP contribution < -0.4 is 0 Å². The molecule has 0 saturated heterocycles. The maximum atomic E-state index is 11.5. The van der Waals surface area contributed by atoms with Gasteiger partial charge in [-0.1, -0.05) is 11.6 Å². The highest BCUT2D eigenvalue weighted by Crippen LogP contribution is 2.18. The van der Waals surface area contributed by atoms with Crippen LogP contribution in [0.2, 0.25) is 5.15 Å². The van der Waals surface area contributed by atoms with Gasteiger partial charge in [0.25, 0.3) is 0 Å². The summed E-state index contributed by atoms with van der Waals surface area (Å²) in [5.41, 5.74) is -0.425. The van der Waals surface area contributed by atoms with Crippen molar-refractivity contribution in [1.82, 2.24) is 9.97 Å². The maximum absolute atomic E-state index is 11.5. The lowest BCUT2D eigenvalue weighted by atomic mass is 10.2. The predicted octanol–water partition coefficient (Wildman–Crippen LogP) is 2.85. The molecule has 82 valence electrons. The van der Waals surface area contributed by atoms with Gasteiger partial charge in [-0.15, -0.1) is 0 Å². The van der Waals surface area contributed by atoms with Gasteiger partial charge in [0.2, 0.25) is 0 Å². The van der Waals surface area contributed by atoms with E-state index in [1.54, 1.807) is 20.8 Å². The zero-order valence-corrected chi connectivity index (χ0v) is 10.9. The monoisotopic (exact) mass is 292 g/mol. The van der Waals surface area contributed by atoms with E-state index in [1.165, 1.54) is 6.20 Å². The van der Waals surface area contributed by atoms with Gasteiger partial charge in [0.05, 0.1) is 6.20 Å². The number of aromatic nitrogens is 2. The second-order valence-electron chi connectivity index (χ2n) is 3.84. The Kier molecular flexibility index (Phi) is 3.67. The fourth-order valence-electron chi connectivity index (χ4n) is 0.781. The molecule has 6 heteroatoms. The van der Waals surface area contributed by atoms with Gasteiger partial charge in [-0.05, 0) is 36.7 Å². The minimum Gasteiger partial charge on any atom is -0.455 e. The molecule has 4 nitrogen and oxygen atoms in total. The molecule has 0 spiro atoms. The van der Waals surface area contributed by atoms with Crippen LogP contribution in [-0.4, -0.2) is 21.5 Å². The van der Waals surface area contributed by atoms with Gasteiger partial charge in [0, 0.05) is 0 Å². The molecular formula is C9H10BrClN2O2. The van der Waals surface area contributed by atoms with Crippen molar-refractivity contribution in [3.63, 3.8) is 0 Å². The highest BCUT2D eigenvalue weighted by atomic mass is 79.9. The maximum Gasteiger partial charge on any atom is 0.359 e. The van der Waals surface area contributed by atoms with E-state index in [2.05, 4.69) is 25.9 Å². The van der Waals surface area contributed by atoms with Gasteiger partial charge in [0.15, 0.2) is 10.8 Å². The van der Waals surface area contributed by atoms with Crippen LogP contribution in [0.5, 0.6) is 0 Å². The van der Waals surface area contributed by atoms with E-state index in [0.717, 1.165) is 0 Å². The Bertz CT molecular complexity index is 390. The van der Waals surface area contributed by atoms with Crippen LogP contribution in [0.1, 0.15) is 31.3 Å². The van der Waals surface area contributed by atoms with Gasteiger partial charge in [0.1, 0.15) is 10.2 Å². The second-order valence-corrected chi connectivity index (χ2v) is 4.95. The molecule has 1 heterocycles. The summed E-state index contributed by atoms with van der Waals surface area (Å²) >= 11 is 8.73. The molecule has 1 aromatic heterocycles. The first-order valence-corrected chi connectivity index (χ1v) is 5.38. The van der Waals surface area contributed by atoms with Crippen LogP contribution in [0, 0.1) is 0 Å². The van der Waals surface area contributed by atoms with E-state index < -0.39 is 11.6 Å². The zero-order valence-electron chi connectivity index (χ0n) is 8.54. The van der Waals surface area contributed by atoms with Gasteiger partial charge in [-0.2, -0.15) is 0 Å². The van der Waals surface area contributed by atoms with Crippen molar-refractivity contribution in [2.45, 2.75) is 26.4 Å². The van der Waals surface area contributed by atoms with Crippen molar-refractivity contribution in [2.75, 3.05) is 0 Å². The minimum absolute atomic E-state index is 0.126. The fourth-order valence-corrected chi connectivity index (χ4v) is 1.17. The number of hydrogen-bond donors (Lipinski definition) is 0. The van der Waals surface area contributed by atoms with Crippen molar-refractivity contribution >= 4 is 33.5 Å². The van der Waals surface area contributed by atoms with E-state index in [1.807, 2.05) is 0 Å². The van der Waals surface area contributed by atoms with Gasteiger partial charge >= 0.3 is 5.97 Å². The van der Waals surface area contributed by atoms with Crippen LogP contribution in [0.25, 0.3) is 0 Å². The molecule has 0 radical (unpaired) electrons. The fraction of sp³-hybridized carbons (Fsp3) is 0.444. The van der Waals surface area contributed by atoms with Crippen LogP contribution in [0.4, 0.5) is 0 Å². The predicted molar refractivity (Wildman–Crippen MR) is 59.9 cm³/mol. The van der Waals surface area contributed by atoms with Gasteiger partial charge in [-0.25, -0.2) is 14.8 Å².